The lowest BCUT2D eigenvalue weighted by Gasteiger charge is -2.20. The first-order valence-electron chi connectivity index (χ1n) is 9.45. The summed E-state index contributed by atoms with van der Waals surface area (Å²) >= 11 is 0. The molecular weight excluding hydrogens is 390 g/mol. The van der Waals surface area contributed by atoms with E-state index in [9.17, 15) is 18.0 Å². The maximum atomic E-state index is 12.7. The lowest BCUT2D eigenvalue weighted by atomic mass is 10.1. The molecule has 29 heavy (non-hydrogen) atoms. The van der Waals surface area contributed by atoms with E-state index >= 15 is 0 Å². The summed E-state index contributed by atoms with van der Waals surface area (Å²) in [5, 5.41) is 2.79. The number of rotatable bonds is 6. The number of benzene rings is 2. The molecule has 2 amide bonds. The standard InChI is InChI=1S/C21H25N3O4S/c1-4-15-7-5-6-8-19(15)24-14-16(13-20(24)25)21(26)22-17-9-11-18(12-10-17)29(27,28)23(2)3/h5-12,16H,4,13-14H2,1-3H3,(H,22,26)/t16-/m0/s1. The molecule has 1 aliphatic heterocycles. The zero-order valence-electron chi connectivity index (χ0n) is 16.8. The second-order valence-electron chi connectivity index (χ2n) is 7.19. The zero-order valence-corrected chi connectivity index (χ0v) is 17.6. The summed E-state index contributed by atoms with van der Waals surface area (Å²) in [5.41, 5.74) is 2.42. The van der Waals surface area contributed by atoms with Crippen molar-refractivity contribution in [2.45, 2.75) is 24.7 Å². The van der Waals surface area contributed by atoms with Gasteiger partial charge in [-0.05, 0) is 42.3 Å². The number of aryl methyl sites for hydroxylation is 1. The lowest BCUT2D eigenvalue weighted by molar-refractivity contribution is -0.122. The van der Waals surface area contributed by atoms with E-state index < -0.39 is 15.9 Å². The Kier molecular flexibility index (Phi) is 6.04. The van der Waals surface area contributed by atoms with Gasteiger partial charge in [-0.2, -0.15) is 0 Å². The van der Waals surface area contributed by atoms with E-state index in [2.05, 4.69) is 5.32 Å². The Morgan fingerprint density at radius 3 is 2.41 bits per heavy atom. The van der Waals surface area contributed by atoms with Crippen LogP contribution in [0.1, 0.15) is 18.9 Å². The van der Waals surface area contributed by atoms with E-state index in [1.807, 2.05) is 31.2 Å². The van der Waals surface area contributed by atoms with Gasteiger partial charge in [-0.3, -0.25) is 9.59 Å². The molecule has 0 spiro atoms. The van der Waals surface area contributed by atoms with Crippen LogP contribution in [0.15, 0.2) is 53.4 Å². The third kappa shape index (κ3) is 4.33. The summed E-state index contributed by atoms with van der Waals surface area (Å²) in [6.45, 7) is 2.36. The first-order valence-corrected chi connectivity index (χ1v) is 10.9. The Bertz CT molecular complexity index is 1020. The maximum Gasteiger partial charge on any atom is 0.242 e. The van der Waals surface area contributed by atoms with Crippen LogP contribution in [0, 0.1) is 5.92 Å². The number of hydrogen-bond acceptors (Lipinski definition) is 4. The number of sulfonamides is 1. The fourth-order valence-corrected chi connectivity index (χ4v) is 4.26. The predicted octanol–water partition coefficient (Wildman–Crippen LogP) is 2.49. The highest BCUT2D eigenvalue weighted by Gasteiger charge is 2.35. The van der Waals surface area contributed by atoms with Crippen LogP contribution in [-0.4, -0.2) is 45.2 Å². The van der Waals surface area contributed by atoms with Gasteiger partial charge in [0.2, 0.25) is 21.8 Å². The van der Waals surface area contributed by atoms with Crippen LogP contribution in [0.25, 0.3) is 0 Å². The molecule has 1 aliphatic rings. The van der Waals surface area contributed by atoms with Gasteiger partial charge in [-0.15, -0.1) is 0 Å². The topological polar surface area (TPSA) is 86.8 Å². The first-order chi connectivity index (χ1) is 13.7. The van der Waals surface area contributed by atoms with Crippen molar-refractivity contribution in [1.82, 2.24) is 4.31 Å². The van der Waals surface area contributed by atoms with E-state index in [-0.39, 0.29) is 23.1 Å². The van der Waals surface area contributed by atoms with Gasteiger partial charge in [0, 0.05) is 38.4 Å². The molecule has 1 saturated heterocycles. The largest absolute Gasteiger partial charge is 0.326 e. The first kappa shape index (κ1) is 21.0. The monoisotopic (exact) mass is 415 g/mol. The Morgan fingerprint density at radius 1 is 1.14 bits per heavy atom. The van der Waals surface area contributed by atoms with Gasteiger partial charge in [0.1, 0.15) is 0 Å². The Balaban J connectivity index is 1.70. The van der Waals surface area contributed by atoms with Crippen LogP contribution in [-0.2, 0) is 26.0 Å². The molecule has 0 bridgehead atoms. The minimum absolute atomic E-state index is 0.0709. The van der Waals surface area contributed by atoms with Crippen LogP contribution >= 0.6 is 0 Å². The highest BCUT2D eigenvalue weighted by molar-refractivity contribution is 7.89. The van der Waals surface area contributed by atoms with E-state index in [4.69, 9.17) is 0 Å². The molecule has 3 rings (SSSR count). The van der Waals surface area contributed by atoms with Crippen molar-refractivity contribution in [3.8, 4) is 0 Å². The predicted molar refractivity (Wildman–Crippen MR) is 112 cm³/mol. The highest BCUT2D eigenvalue weighted by atomic mass is 32.2. The van der Waals surface area contributed by atoms with Gasteiger partial charge in [-0.1, -0.05) is 25.1 Å². The zero-order chi connectivity index (χ0) is 21.2. The molecule has 0 aliphatic carbocycles. The van der Waals surface area contributed by atoms with Crippen LogP contribution < -0.4 is 10.2 Å². The van der Waals surface area contributed by atoms with Crippen molar-refractivity contribution in [2.24, 2.45) is 5.92 Å². The molecule has 154 valence electrons. The summed E-state index contributed by atoms with van der Waals surface area (Å²) in [6, 6.07) is 13.7. The van der Waals surface area contributed by atoms with Gasteiger partial charge in [0.25, 0.3) is 0 Å². The van der Waals surface area contributed by atoms with Crippen molar-refractivity contribution >= 4 is 33.2 Å². The molecule has 1 N–H and O–H groups in total. The minimum Gasteiger partial charge on any atom is -0.326 e. The lowest BCUT2D eigenvalue weighted by Crippen LogP contribution is -2.28. The van der Waals surface area contributed by atoms with E-state index in [1.54, 1.807) is 17.0 Å². The van der Waals surface area contributed by atoms with Crippen LogP contribution in [0.5, 0.6) is 0 Å². The molecule has 1 atom stereocenters. The van der Waals surface area contributed by atoms with E-state index in [0.717, 1.165) is 22.0 Å². The number of hydrogen-bond donors (Lipinski definition) is 1. The Labute approximate surface area is 171 Å². The summed E-state index contributed by atoms with van der Waals surface area (Å²) in [4.78, 5) is 27.0. The molecule has 0 aromatic heterocycles. The Hall–Kier alpha value is -2.71. The van der Waals surface area contributed by atoms with Crippen molar-refractivity contribution in [3.63, 3.8) is 0 Å². The number of para-hydroxylation sites is 1. The van der Waals surface area contributed by atoms with Gasteiger partial charge in [0.15, 0.2) is 0 Å². The van der Waals surface area contributed by atoms with E-state index in [0.29, 0.717) is 12.2 Å². The van der Waals surface area contributed by atoms with Crippen molar-refractivity contribution in [1.29, 1.82) is 0 Å². The van der Waals surface area contributed by atoms with Crippen LogP contribution in [0.3, 0.4) is 0 Å². The van der Waals surface area contributed by atoms with Crippen LogP contribution in [0.4, 0.5) is 11.4 Å². The Morgan fingerprint density at radius 2 is 1.79 bits per heavy atom. The third-order valence-corrected chi connectivity index (χ3v) is 6.89. The number of carbonyl (C=O) groups is 2. The minimum atomic E-state index is -3.52. The average molecular weight is 416 g/mol. The third-order valence-electron chi connectivity index (χ3n) is 5.06. The molecule has 0 radical (unpaired) electrons. The van der Waals surface area contributed by atoms with Gasteiger partial charge in [0.05, 0.1) is 10.8 Å². The second-order valence-corrected chi connectivity index (χ2v) is 9.34. The highest BCUT2D eigenvalue weighted by Crippen LogP contribution is 2.29. The van der Waals surface area contributed by atoms with Gasteiger partial charge < -0.3 is 10.2 Å². The molecule has 8 heteroatoms. The second kappa shape index (κ2) is 8.34. The van der Waals surface area contributed by atoms with Crippen molar-refractivity contribution in [3.05, 3.63) is 54.1 Å². The number of carbonyl (C=O) groups excluding carboxylic acids is 2. The fraction of sp³-hybridized carbons (Fsp3) is 0.333. The molecule has 1 heterocycles. The molecular formula is C21H25N3O4S. The van der Waals surface area contributed by atoms with Gasteiger partial charge in [-0.25, -0.2) is 12.7 Å². The summed E-state index contributed by atoms with van der Waals surface area (Å²) in [6.07, 6.45) is 0.954. The quantitative estimate of drug-likeness (QED) is 0.785. The molecule has 2 aromatic rings. The SMILES string of the molecule is CCc1ccccc1N1C[C@@H](C(=O)Nc2ccc(S(=O)(=O)N(C)C)cc2)CC1=O. The van der Waals surface area contributed by atoms with Crippen molar-refractivity contribution in [2.75, 3.05) is 30.9 Å². The average Bonchev–Trinajstić information content (AvgIpc) is 3.10. The number of anilines is 2. The normalized spacial score (nSPS) is 17.0. The molecule has 1 fully saturated rings. The van der Waals surface area contributed by atoms with E-state index in [1.165, 1.54) is 26.2 Å². The molecule has 7 nitrogen and oxygen atoms in total. The summed E-state index contributed by atoms with van der Waals surface area (Å²) < 4.78 is 25.4. The maximum absolute atomic E-state index is 12.7. The summed E-state index contributed by atoms with van der Waals surface area (Å²) in [7, 11) is -0.595. The van der Waals surface area contributed by atoms with Gasteiger partial charge >= 0.3 is 0 Å². The fourth-order valence-electron chi connectivity index (χ4n) is 3.35. The number of nitrogens with one attached hydrogen (secondary N) is 1. The summed E-state index contributed by atoms with van der Waals surface area (Å²) in [5.74, 6) is -0.783. The van der Waals surface area contributed by atoms with Crippen molar-refractivity contribution < 1.29 is 18.0 Å². The molecule has 0 saturated carbocycles. The molecule has 0 unspecified atom stereocenters. The molecule has 2 aromatic carbocycles. The van der Waals surface area contributed by atoms with Crippen LogP contribution in [0.2, 0.25) is 0 Å². The number of amides is 2. The number of nitrogens with zero attached hydrogens (tertiary/aromatic N) is 2. The smallest absolute Gasteiger partial charge is 0.242 e.